The molecule has 11 heteroatoms. The Labute approximate surface area is 203 Å². The van der Waals surface area contributed by atoms with Crippen molar-refractivity contribution in [1.29, 1.82) is 15.8 Å². The van der Waals surface area contributed by atoms with Crippen LogP contribution in [0.5, 0.6) is 0 Å². The van der Waals surface area contributed by atoms with E-state index >= 15 is 0 Å². The molecule has 0 spiro atoms. The first kappa shape index (κ1) is 25.4. The minimum Gasteiger partial charge on any atom is -0.312 e. The fourth-order valence-corrected chi connectivity index (χ4v) is 6.41. The van der Waals surface area contributed by atoms with Crippen molar-refractivity contribution in [2.45, 2.75) is 37.6 Å². The number of anilines is 1. The third-order valence-corrected chi connectivity index (χ3v) is 8.67. The first-order valence-electron chi connectivity index (χ1n) is 10.8. The van der Waals surface area contributed by atoms with Gasteiger partial charge in [-0.25, -0.2) is 8.42 Å². The molecule has 176 valence electrons. The smallest absolute Gasteiger partial charge is 0.256 e. The van der Waals surface area contributed by atoms with Crippen LogP contribution in [0.15, 0.2) is 29.2 Å². The molecule has 1 amide bonds. The second-order valence-electron chi connectivity index (χ2n) is 7.64. The van der Waals surface area contributed by atoms with Crippen LogP contribution in [-0.2, 0) is 23.0 Å². The lowest BCUT2D eigenvalue weighted by Crippen LogP contribution is -2.32. The fraction of sp³-hybridized carbons (Fsp3) is 0.391. The Morgan fingerprint density at radius 2 is 1.79 bits per heavy atom. The average molecular weight is 497 g/mol. The summed E-state index contributed by atoms with van der Waals surface area (Å²) in [4.78, 5) is 16.2. The van der Waals surface area contributed by atoms with Gasteiger partial charge in [0.15, 0.2) is 0 Å². The summed E-state index contributed by atoms with van der Waals surface area (Å²) in [5.74, 6) is -0.433. The van der Waals surface area contributed by atoms with Crippen LogP contribution in [0.25, 0.3) is 0 Å². The topological polar surface area (TPSA) is 141 Å². The summed E-state index contributed by atoms with van der Waals surface area (Å²) in [6.45, 7) is 4.60. The van der Waals surface area contributed by atoms with Gasteiger partial charge in [0.25, 0.3) is 5.91 Å². The Balaban J connectivity index is 1.78. The molecule has 0 radical (unpaired) electrons. The van der Waals surface area contributed by atoms with Crippen molar-refractivity contribution >= 4 is 32.3 Å². The lowest BCUT2D eigenvalue weighted by Gasteiger charge is -2.24. The molecule has 0 bridgehead atoms. The first-order chi connectivity index (χ1) is 16.3. The summed E-state index contributed by atoms with van der Waals surface area (Å²) in [6.07, 6.45) is 0.777. The molecule has 0 unspecified atom stereocenters. The standard InChI is InChI=1S/C23H24N6O3S2/c1-2-28-14-9-19-20(15-26)23(33-21(19)16-28)27-22(30)17-5-7-18(8-6-17)34(31,32)29(12-3-10-24)13-4-11-25/h5-8H,2-4,9,12-14,16H2,1H3,(H,27,30). The molecule has 1 aliphatic rings. The number of carbonyl (C=O) groups excluding carboxylic acids is 1. The van der Waals surface area contributed by atoms with Crippen molar-refractivity contribution in [3.05, 3.63) is 45.8 Å². The predicted octanol–water partition coefficient (Wildman–Crippen LogP) is 3.07. The lowest BCUT2D eigenvalue weighted by molar-refractivity contribution is 0.102. The molecule has 34 heavy (non-hydrogen) atoms. The normalized spacial score (nSPS) is 13.5. The van der Waals surface area contributed by atoms with Crippen LogP contribution < -0.4 is 5.32 Å². The van der Waals surface area contributed by atoms with Gasteiger partial charge >= 0.3 is 0 Å². The van der Waals surface area contributed by atoms with E-state index in [1.54, 1.807) is 0 Å². The molecule has 2 aromatic rings. The molecule has 1 aromatic heterocycles. The third kappa shape index (κ3) is 5.44. The van der Waals surface area contributed by atoms with Gasteiger partial charge in [-0.2, -0.15) is 20.1 Å². The highest BCUT2D eigenvalue weighted by Crippen LogP contribution is 2.36. The van der Waals surface area contributed by atoms with Crippen LogP contribution in [0.4, 0.5) is 5.00 Å². The van der Waals surface area contributed by atoms with E-state index < -0.39 is 15.9 Å². The summed E-state index contributed by atoms with van der Waals surface area (Å²) >= 11 is 1.40. The maximum atomic E-state index is 12.9. The van der Waals surface area contributed by atoms with E-state index in [-0.39, 0.29) is 36.4 Å². The summed E-state index contributed by atoms with van der Waals surface area (Å²) in [6, 6.07) is 11.5. The van der Waals surface area contributed by atoms with Crippen molar-refractivity contribution in [3.8, 4) is 18.2 Å². The number of likely N-dealkylation sites (N-methyl/N-ethyl adjacent to an activating group) is 1. The summed E-state index contributed by atoms with van der Waals surface area (Å²) in [5, 5.41) is 30.6. The molecule has 0 saturated heterocycles. The molecule has 0 aliphatic carbocycles. The average Bonchev–Trinajstić information content (AvgIpc) is 3.19. The fourth-order valence-electron chi connectivity index (χ4n) is 3.74. The number of benzene rings is 1. The van der Waals surface area contributed by atoms with E-state index in [4.69, 9.17) is 10.5 Å². The Hall–Kier alpha value is -3.27. The number of nitrogens with one attached hydrogen (secondary N) is 1. The maximum absolute atomic E-state index is 12.9. The summed E-state index contributed by atoms with van der Waals surface area (Å²) in [7, 11) is -3.91. The number of hydrogen-bond acceptors (Lipinski definition) is 8. The lowest BCUT2D eigenvalue weighted by atomic mass is 10.0. The number of nitriles is 3. The minimum atomic E-state index is -3.91. The second-order valence-corrected chi connectivity index (χ2v) is 10.7. The van der Waals surface area contributed by atoms with Crippen LogP contribution in [0.3, 0.4) is 0 Å². The zero-order valence-corrected chi connectivity index (χ0v) is 20.4. The molecule has 1 aromatic carbocycles. The van der Waals surface area contributed by atoms with Gasteiger partial charge in [-0.1, -0.05) is 6.92 Å². The Morgan fingerprint density at radius 3 is 2.35 bits per heavy atom. The zero-order chi connectivity index (χ0) is 24.7. The van der Waals surface area contributed by atoms with Gasteiger partial charge in [-0.15, -0.1) is 11.3 Å². The van der Waals surface area contributed by atoms with Crippen molar-refractivity contribution in [2.75, 3.05) is 31.5 Å². The van der Waals surface area contributed by atoms with Crippen molar-refractivity contribution < 1.29 is 13.2 Å². The first-order valence-corrected chi connectivity index (χ1v) is 13.0. The largest absolute Gasteiger partial charge is 0.312 e. The minimum absolute atomic E-state index is 0.00712. The molecule has 3 rings (SSSR count). The van der Waals surface area contributed by atoms with Gasteiger partial charge in [0.05, 0.1) is 22.6 Å². The summed E-state index contributed by atoms with van der Waals surface area (Å²) in [5.41, 5.74) is 1.74. The van der Waals surface area contributed by atoms with E-state index in [2.05, 4.69) is 23.2 Å². The van der Waals surface area contributed by atoms with Crippen molar-refractivity contribution in [3.63, 3.8) is 0 Å². The van der Waals surface area contributed by atoms with Gasteiger partial charge in [-0.05, 0) is 42.8 Å². The molecule has 1 N–H and O–H groups in total. The number of carbonyl (C=O) groups is 1. The second kappa shape index (κ2) is 11.2. The van der Waals surface area contributed by atoms with Crippen molar-refractivity contribution in [2.24, 2.45) is 0 Å². The molecule has 0 saturated carbocycles. The monoisotopic (exact) mass is 496 g/mol. The van der Waals surface area contributed by atoms with Crippen LogP contribution in [0, 0.1) is 34.0 Å². The highest BCUT2D eigenvalue weighted by molar-refractivity contribution is 7.89. The molecule has 0 atom stereocenters. The van der Waals surface area contributed by atoms with Gasteiger partial charge in [-0.3, -0.25) is 9.69 Å². The third-order valence-electron chi connectivity index (χ3n) is 5.62. The Morgan fingerprint density at radius 1 is 1.15 bits per heavy atom. The van der Waals surface area contributed by atoms with E-state index in [1.165, 1.54) is 35.6 Å². The maximum Gasteiger partial charge on any atom is 0.256 e. The molecular weight excluding hydrogens is 472 g/mol. The number of hydrogen-bond donors (Lipinski definition) is 1. The molecular formula is C23H24N6O3S2. The van der Waals surface area contributed by atoms with Gasteiger partial charge in [0.1, 0.15) is 11.1 Å². The SMILES string of the molecule is CCN1CCc2c(sc(NC(=O)c3ccc(S(=O)(=O)N(CCC#N)CCC#N)cc3)c2C#N)C1. The number of nitrogens with zero attached hydrogens (tertiary/aromatic N) is 5. The van der Waals surface area contributed by atoms with Crippen LogP contribution in [-0.4, -0.2) is 49.7 Å². The molecule has 1 aliphatic heterocycles. The summed E-state index contributed by atoms with van der Waals surface area (Å²) < 4.78 is 27.0. The predicted molar refractivity (Wildman–Crippen MR) is 127 cm³/mol. The van der Waals surface area contributed by atoms with Crippen LogP contribution >= 0.6 is 11.3 Å². The van der Waals surface area contributed by atoms with Gasteiger partial charge < -0.3 is 5.32 Å². The van der Waals surface area contributed by atoms with Gasteiger partial charge in [0.2, 0.25) is 10.0 Å². The van der Waals surface area contributed by atoms with E-state index in [9.17, 15) is 18.5 Å². The zero-order valence-electron chi connectivity index (χ0n) is 18.7. The molecule has 9 nitrogen and oxygen atoms in total. The van der Waals surface area contributed by atoms with Gasteiger partial charge in [0, 0.05) is 49.5 Å². The van der Waals surface area contributed by atoms with E-state index in [0.717, 1.165) is 40.8 Å². The highest BCUT2D eigenvalue weighted by atomic mass is 32.2. The Bertz CT molecular complexity index is 1260. The number of rotatable bonds is 9. The molecule has 0 fully saturated rings. The highest BCUT2D eigenvalue weighted by Gasteiger charge is 2.26. The number of fused-ring (bicyclic) bond motifs is 1. The van der Waals surface area contributed by atoms with Crippen molar-refractivity contribution in [1.82, 2.24) is 9.21 Å². The number of amides is 1. The van der Waals surface area contributed by atoms with E-state index in [1.807, 2.05) is 12.1 Å². The van der Waals surface area contributed by atoms with E-state index in [0.29, 0.717) is 10.6 Å². The number of sulfonamides is 1. The Kier molecular flexibility index (Phi) is 8.38. The quantitative estimate of drug-likeness (QED) is 0.562. The van der Waals surface area contributed by atoms with Crippen LogP contribution in [0.1, 0.15) is 46.1 Å². The molecule has 2 heterocycles. The van der Waals surface area contributed by atoms with Crippen LogP contribution in [0.2, 0.25) is 0 Å². The number of thiophene rings is 1.